The molecule has 1 aliphatic heterocycles. The van der Waals surface area contributed by atoms with Gasteiger partial charge in [-0.1, -0.05) is 72.8 Å². The van der Waals surface area contributed by atoms with Crippen molar-refractivity contribution in [3.63, 3.8) is 0 Å². The molecule has 29 heavy (non-hydrogen) atoms. The average molecular weight is 389 g/mol. The van der Waals surface area contributed by atoms with Crippen molar-refractivity contribution in [2.75, 3.05) is 13.1 Å². The highest BCUT2D eigenvalue weighted by molar-refractivity contribution is 5.86. The van der Waals surface area contributed by atoms with Gasteiger partial charge in [-0.15, -0.1) is 0 Å². The Morgan fingerprint density at radius 2 is 1.62 bits per heavy atom. The molecular weight excluding hydrogens is 360 g/mol. The van der Waals surface area contributed by atoms with Crippen molar-refractivity contribution in [3.8, 4) is 0 Å². The largest absolute Gasteiger partial charge is 0.388 e. The fourth-order valence-corrected chi connectivity index (χ4v) is 4.32. The van der Waals surface area contributed by atoms with Crippen molar-refractivity contribution in [2.24, 2.45) is 5.92 Å². The first-order valence-electron chi connectivity index (χ1n) is 10.4. The maximum Gasteiger partial charge on any atom is 0.317 e. The number of urea groups is 1. The lowest BCUT2D eigenvalue weighted by Crippen LogP contribution is -2.45. The number of carbonyl (C=O) groups is 1. The van der Waals surface area contributed by atoms with Gasteiger partial charge in [0.15, 0.2) is 0 Å². The smallest absolute Gasteiger partial charge is 0.317 e. The Morgan fingerprint density at radius 3 is 2.38 bits per heavy atom. The zero-order valence-electron chi connectivity index (χ0n) is 16.8. The summed E-state index contributed by atoms with van der Waals surface area (Å²) in [5.41, 5.74) is 2.09. The molecular formula is C25H28N2O2. The molecule has 3 aromatic rings. The number of piperidine rings is 1. The van der Waals surface area contributed by atoms with Crippen LogP contribution in [0.3, 0.4) is 0 Å². The van der Waals surface area contributed by atoms with Crippen LogP contribution in [0.1, 0.15) is 43.0 Å². The first kappa shape index (κ1) is 19.5. The monoisotopic (exact) mass is 388 g/mol. The fraction of sp³-hybridized carbons (Fsp3) is 0.320. The summed E-state index contributed by atoms with van der Waals surface area (Å²) in [7, 11) is 0. The average Bonchev–Trinajstić information content (AvgIpc) is 2.78. The van der Waals surface area contributed by atoms with E-state index >= 15 is 0 Å². The standard InChI is InChI=1S/C25H28N2O2/c1-18(22-13-7-11-19-8-5-6-12-23(19)22)26-25(29)27-16-14-21(15-17-27)24(28)20-9-3-2-4-10-20/h2-13,18,21,24,28H,14-17H2,1H3,(H,26,29). The minimum Gasteiger partial charge on any atom is -0.388 e. The van der Waals surface area contributed by atoms with Crippen molar-refractivity contribution in [2.45, 2.75) is 31.9 Å². The third-order valence-electron chi connectivity index (χ3n) is 6.04. The number of hydrogen-bond acceptors (Lipinski definition) is 2. The number of benzene rings is 3. The summed E-state index contributed by atoms with van der Waals surface area (Å²) in [6.07, 6.45) is 1.16. The Hall–Kier alpha value is -2.85. The predicted molar refractivity (Wildman–Crippen MR) is 117 cm³/mol. The van der Waals surface area contributed by atoms with Crippen LogP contribution in [0.2, 0.25) is 0 Å². The number of fused-ring (bicyclic) bond motifs is 1. The van der Waals surface area contributed by atoms with Gasteiger partial charge in [-0.2, -0.15) is 0 Å². The van der Waals surface area contributed by atoms with E-state index < -0.39 is 6.10 Å². The van der Waals surface area contributed by atoms with Crippen molar-refractivity contribution in [1.29, 1.82) is 0 Å². The number of nitrogens with one attached hydrogen (secondary N) is 1. The van der Waals surface area contributed by atoms with Crippen molar-refractivity contribution < 1.29 is 9.90 Å². The summed E-state index contributed by atoms with van der Waals surface area (Å²) in [5, 5.41) is 16.2. The predicted octanol–water partition coefficient (Wildman–Crippen LogP) is 5.06. The van der Waals surface area contributed by atoms with Gasteiger partial charge in [-0.25, -0.2) is 4.79 Å². The highest BCUT2D eigenvalue weighted by atomic mass is 16.3. The second-order valence-corrected chi connectivity index (χ2v) is 7.92. The molecule has 1 aliphatic rings. The van der Waals surface area contributed by atoms with E-state index in [2.05, 4.69) is 29.6 Å². The van der Waals surface area contributed by atoms with Crippen molar-refractivity contribution in [1.82, 2.24) is 10.2 Å². The number of likely N-dealkylation sites (tertiary alicyclic amines) is 1. The first-order chi connectivity index (χ1) is 14.1. The summed E-state index contributed by atoms with van der Waals surface area (Å²) >= 11 is 0. The number of carbonyl (C=O) groups excluding carboxylic acids is 1. The molecule has 1 saturated heterocycles. The van der Waals surface area contributed by atoms with E-state index in [-0.39, 0.29) is 18.0 Å². The molecule has 0 aromatic heterocycles. The van der Waals surface area contributed by atoms with Gasteiger partial charge in [0, 0.05) is 13.1 Å². The lowest BCUT2D eigenvalue weighted by Gasteiger charge is -2.35. The molecule has 0 aliphatic carbocycles. The molecule has 3 aromatic carbocycles. The van der Waals surface area contributed by atoms with E-state index in [1.807, 2.05) is 60.4 Å². The topological polar surface area (TPSA) is 52.6 Å². The summed E-state index contributed by atoms with van der Waals surface area (Å²) in [6.45, 7) is 3.37. The lowest BCUT2D eigenvalue weighted by molar-refractivity contribution is 0.0662. The summed E-state index contributed by atoms with van der Waals surface area (Å²) < 4.78 is 0. The molecule has 0 radical (unpaired) electrons. The Kier molecular flexibility index (Phi) is 5.81. The Morgan fingerprint density at radius 1 is 0.966 bits per heavy atom. The minimum absolute atomic E-state index is 0.0296. The van der Waals surface area contributed by atoms with Crippen LogP contribution in [0.5, 0.6) is 0 Å². The first-order valence-corrected chi connectivity index (χ1v) is 10.4. The van der Waals surface area contributed by atoms with Gasteiger partial charge in [-0.05, 0) is 47.6 Å². The zero-order valence-corrected chi connectivity index (χ0v) is 16.8. The molecule has 4 nitrogen and oxygen atoms in total. The molecule has 0 spiro atoms. The summed E-state index contributed by atoms with van der Waals surface area (Å²) in [4.78, 5) is 14.7. The Balaban J connectivity index is 1.36. The number of nitrogens with zero attached hydrogens (tertiary/aromatic N) is 1. The summed E-state index contributed by atoms with van der Waals surface area (Å²) in [5.74, 6) is 0.192. The van der Waals surface area contributed by atoms with E-state index in [4.69, 9.17) is 0 Å². The van der Waals surface area contributed by atoms with Crippen molar-refractivity contribution in [3.05, 3.63) is 83.9 Å². The SMILES string of the molecule is CC(NC(=O)N1CCC(C(O)c2ccccc2)CC1)c1cccc2ccccc12. The van der Waals surface area contributed by atoms with E-state index in [1.54, 1.807) is 0 Å². The van der Waals surface area contributed by atoms with Crippen LogP contribution >= 0.6 is 0 Å². The number of aliphatic hydroxyl groups excluding tert-OH is 1. The van der Waals surface area contributed by atoms with Crippen LogP contribution in [0.15, 0.2) is 72.8 Å². The molecule has 2 amide bonds. The number of hydrogen-bond donors (Lipinski definition) is 2. The van der Waals surface area contributed by atoms with Crippen LogP contribution in [-0.4, -0.2) is 29.1 Å². The lowest BCUT2D eigenvalue weighted by atomic mass is 9.87. The minimum atomic E-state index is -0.462. The molecule has 0 saturated carbocycles. The van der Waals surface area contributed by atoms with Crippen LogP contribution in [0.25, 0.3) is 10.8 Å². The molecule has 2 atom stereocenters. The van der Waals surface area contributed by atoms with E-state index in [0.717, 1.165) is 24.0 Å². The van der Waals surface area contributed by atoms with Crippen LogP contribution < -0.4 is 5.32 Å². The van der Waals surface area contributed by atoms with Crippen LogP contribution in [-0.2, 0) is 0 Å². The van der Waals surface area contributed by atoms with Crippen molar-refractivity contribution >= 4 is 16.8 Å². The van der Waals surface area contributed by atoms with Gasteiger partial charge in [0.1, 0.15) is 0 Å². The maximum absolute atomic E-state index is 12.8. The van der Waals surface area contributed by atoms with Gasteiger partial charge >= 0.3 is 6.03 Å². The van der Waals surface area contributed by atoms with Gasteiger partial charge in [-0.3, -0.25) is 0 Å². The Bertz CT molecular complexity index is 959. The molecule has 2 unspecified atom stereocenters. The van der Waals surface area contributed by atoms with E-state index in [0.29, 0.717) is 13.1 Å². The highest BCUT2D eigenvalue weighted by Crippen LogP contribution is 2.31. The van der Waals surface area contributed by atoms with Gasteiger partial charge < -0.3 is 15.3 Å². The molecule has 2 N–H and O–H groups in total. The third kappa shape index (κ3) is 4.28. The number of aliphatic hydroxyl groups is 1. The Labute approximate surface area is 172 Å². The highest BCUT2D eigenvalue weighted by Gasteiger charge is 2.28. The second-order valence-electron chi connectivity index (χ2n) is 7.92. The second kappa shape index (κ2) is 8.66. The van der Waals surface area contributed by atoms with Gasteiger partial charge in [0.05, 0.1) is 12.1 Å². The molecule has 1 heterocycles. The number of amides is 2. The molecule has 150 valence electrons. The number of rotatable bonds is 4. The summed E-state index contributed by atoms with van der Waals surface area (Å²) in [6, 6.07) is 24.2. The molecule has 1 fully saturated rings. The van der Waals surface area contributed by atoms with Gasteiger partial charge in [0.25, 0.3) is 0 Å². The quantitative estimate of drug-likeness (QED) is 0.657. The maximum atomic E-state index is 12.8. The van der Waals surface area contributed by atoms with E-state index in [9.17, 15) is 9.90 Å². The zero-order chi connectivity index (χ0) is 20.2. The van der Waals surface area contributed by atoms with Gasteiger partial charge in [0.2, 0.25) is 0 Å². The molecule has 0 bridgehead atoms. The normalized spacial score (nSPS) is 17.1. The van der Waals surface area contributed by atoms with Crippen LogP contribution in [0.4, 0.5) is 4.79 Å². The third-order valence-corrected chi connectivity index (χ3v) is 6.04. The molecule has 4 heteroatoms. The van der Waals surface area contributed by atoms with Crippen LogP contribution in [0, 0.1) is 5.92 Å². The fourth-order valence-electron chi connectivity index (χ4n) is 4.32. The van der Waals surface area contributed by atoms with E-state index in [1.165, 1.54) is 10.8 Å². The molecule has 4 rings (SSSR count).